The van der Waals surface area contributed by atoms with Crippen molar-refractivity contribution in [2.24, 2.45) is 0 Å². The second-order valence-corrected chi connectivity index (χ2v) is 11.2. The molecule has 4 aromatic rings. The molecule has 1 aliphatic rings. The van der Waals surface area contributed by atoms with Gasteiger partial charge in [-0.05, 0) is 46.5 Å². The summed E-state index contributed by atoms with van der Waals surface area (Å²) in [5.74, 6) is 1.55. The standard InChI is InChI=1S/C39H44O8/c1-4-23-43-39-38(46-25-30-13-9-6-10-14-30)37(45-27-32-17-21-34(41-3)22-18-32)36(44-26-31-15-19-33(40-2)20-16-31)35(47-39)28-42-24-29-11-7-5-8-12-29/h4-22,35-39H,1,23-28H2,2-3H3/t35-,36-,37+,38+,39+/m1/s1. The zero-order valence-corrected chi connectivity index (χ0v) is 27.1. The molecule has 0 radical (unpaired) electrons. The fourth-order valence-corrected chi connectivity index (χ4v) is 5.34. The van der Waals surface area contributed by atoms with Gasteiger partial charge in [0.15, 0.2) is 6.29 Å². The van der Waals surface area contributed by atoms with Crippen LogP contribution in [0, 0.1) is 0 Å². The minimum Gasteiger partial charge on any atom is -0.497 e. The Bertz CT molecular complexity index is 1450. The van der Waals surface area contributed by atoms with E-state index in [-0.39, 0.29) is 13.2 Å². The Morgan fingerprint density at radius 3 is 1.53 bits per heavy atom. The Hall–Kier alpha value is -4.02. The van der Waals surface area contributed by atoms with Gasteiger partial charge in [-0.1, -0.05) is 91.0 Å². The van der Waals surface area contributed by atoms with Crippen LogP contribution in [0.5, 0.6) is 11.5 Å². The highest BCUT2D eigenvalue weighted by atomic mass is 16.7. The Balaban J connectivity index is 1.43. The van der Waals surface area contributed by atoms with Crippen LogP contribution in [0.25, 0.3) is 0 Å². The van der Waals surface area contributed by atoms with E-state index in [1.165, 1.54) is 0 Å². The molecule has 5 rings (SSSR count). The molecule has 4 aromatic carbocycles. The molecule has 8 nitrogen and oxygen atoms in total. The largest absolute Gasteiger partial charge is 0.497 e. The van der Waals surface area contributed by atoms with Gasteiger partial charge in [-0.15, -0.1) is 6.58 Å². The quantitative estimate of drug-likeness (QED) is 0.109. The summed E-state index contributed by atoms with van der Waals surface area (Å²) in [5.41, 5.74) is 4.05. The van der Waals surface area contributed by atoms with Gasteiger partial charge in [0.25, 0.3) is 0 Å². The number of methoxy groups -OCH3 is 2. The predicted octanol–water partition coefficient (Wildman–Crippen LogP) is 6.90. The summed E-state index contributed by atoms with van der Waals surface area (Å²) in [4.78, 5) is 0. The van der Waals surface area contributed by atoms with Crippen LogP contribution >= 0.6 is 0 Å². The first kappa shape index (κ1) is 34.3. The Kier molecular flexibility index (Phi) is 13.4. The summed E-state index contributed by atoms with van der Waals surface area (Å²) in [6, 6.07) is 35.6. The molecular weight excluding hydrogens is 596 g/mol. The first-order valence-corrected chi connectivity index (χ1v) is 15.8. The van der Waals surface area contributed by atoms with E-state index < -0.39 is 30.7 Å². The lowest BCUT2D eigenvalue weighted by atomic mass is 9.97. The number of ether oxygens (including phenoxy) is 8. The van der Waals surface area contributed by atoms with Crippen LogP contribution in [-0.4, -0.2) is 58.1 Å². The summed E-state index contributed by atoms with van der Waals surface area (Å²) in [5, 5.41) is 0. The van der Waals surface area contributed by atoms with Crippen LogP contribution in [0.4, 0.5) is 0 Å². The topological polar surface area (TPSA) is 73.8 Å². The number of rotatable bonds is 18. The predicted molar refractivity (Wildman–Crippen MR) is 179 cm³/mol. The van der Waals surface area contributed by atoms with Gasteiger partial charge < -0.3 is 37.9 Å². The molecule has 1 heterocycles. The Morgan fingerprint density at radius 1 is 0.553 bits per heavy atom. The molecular formula is C39H44O8. The SMILES string of the molecule is C=CCO[C@H]1O[C@H](COCc2ccccc2)[C@@H](OCc2ccc(OC)cc2)[C@H](OCc2ccc(OC)cc2)[C@@H]1OCc1ccccc1. The Labute approximate surface area is 277 Å². The van der Waals surface area contributed by atoms with Gasteiger partial charge in [0, 0.05) is 0 Å². The van der Waals surface area contributed by atoms with Crippen LogP contribution < -0.4 is 9.47 Å². The van der Waals surface area contributed by atoms with Crippen LogP contribution in [0.1, 0.15) is 22.3 Å². The molecule has 0 saturated carbocycles. The molecule has 0 bridgehead atoms. The van der Waals surface area contributed by atoms with Gasteiger partial charge in [-0.2, -0.15) is 0 Å². The van der Waals surface area contributed by atoms with E-state index in [1.807, 2.05) is 109 Å². The molecule has 8 heteroatoms. The van der Waals surface area contributed by atoms with Crippen molar-refractivity contribution in [3.63, 3.8) is 0 Å². The molecule has 0 N–H and O–H groups in total. The molecule has 0 aliphatic carbocycles. The van der Waals surface area contributed by atoms with Crippen molar-refractivity contribution in [3.05, 3.63) is 144 Å². The summed E-state index contributed by atoms with van der Waals surface area (Å²) in [6.07, 6.45) is -1.35. The van der Waals surface area contributed by atoms with Crippen LogP contribution in [0.3, 0.4) is 0 Å². The van der Waals surface area contributed by atoms with Crippen LogP contribution in [0.15, 0.2) is 122 Å². The summed E-state index contributed by atoms with van der Waals surface area (Å²) < 4.78 is 49.7. The number of hydrogen-bond donors (Lipinski definition) is 0. The van der Waals surface area contributed by atoms with E-state index in [2.05, 4.69) is 6.58 Å². The van der Waals surface area contributed by atoms with Crippen LogP contribution in [-0.2, 0) is 54.8 Å². The van der Waals surface area contributed by atoms with Crippen molar-refractivity contribution in [2.45, 2.75) is 57.1 Å². The normalized spacial score (nSPS) is 20.9. The third kappa shape index (κ3) is 10.2. The number of hydrogen-bond acceptors (Lipinski definition) is 8. The highest BCUT2D eigenvalue weighted by Gasteiger charge is 2.49. The van der Waals surface area contributed by atoms with Gasteiger partial charge >= 0.3 is 0 Å². The molecule has 0 amide bonds. The maximum absolute atomic E-state index is 6.73. The summed E-state index contributed by atoms with van der Waals surface area (Å²) >= 11 is 0. The van der Waals surface area contributed by atoms with Gasteiger partial charge in [0.1, 0.15) is 35.9 Å². The van der Waals surface area contributed by atoms with Crippen molar-refractivity contribution in [3.8, 4) is 11.5 Å². The average Bonchev–Trinajstić information content (AvgIpc) is 3.13. The molecule has 1 fully saturated rings. The molecule has 5 atom stereocenters. The second-order valence-electron chi connectivity index (χ2n) is 11.2. The van der Waals surface area contributed by atoms with Crippen molar-refractivity contribution in [1.29, 1.82) is 0 Å². The smallest absolute Gasteiger partial charge is 0.187 e. The fraction of sp³-hybridized carbons (Fsp3) is 0.333. The van der Waals surface area contributed by atoms with Crippen molar-refractivity contribution >= 4 is 0 Å². The molecule has 248 valence electrons. The van der Waals surface area contributed by atoms with E-state index in [0.717, 1.165) is 33.8 Å². The molecule has 1 aliphatic heterocycles. The first-order valence-electron chi connectivity index (χ1n) is 15.8. The highest BCUT2D eigenvalue weighted by Crippen LogP contribution is 2.32. The molecule has 0 unspecified atom stereocenters. The van der Waals surface area contributed by atoms with Crippen molar-refractivity contribution in [2.75, 3.05) is 27.4 Å². The minimum atomic E-state index is -0.760. The lowest BCUT2D eigenvalue weighted by Gasteiger charge is -2.45. The maximum atomic E-state index is 6.73. The van der Waals surface area contributed by atoms with Gasteiger partial charge in [-0.3, -0.25) is 0 Å². The molecule has 0 spiro atoms. The lowest BCUT2D eigenvalue weighted by molar-refractivity contribution is -0.326. The summed E-state index contributed by atoms with van der Waals surface area (Å²) in [7, 11) is 3.30. The Morgan fingerprint density at radius 2 is 1.02 bits per heavy atom. The van der Waals surface area contributed by atoms with E-state index in [4.69, 9.17) is 37.9 Å². The van der Waals surface area contributed by atoms with Gasteiger partial charge in [-0.25, -0.2) is 0 Å². The average molecular weight is 641 g/mol. The molecule has 47 heavy (non-hydrogen) atoms. The highest BCUT2D eigenvalue weighted by molar-refractivity contribution is 5.27. The maximum Gasteiger partial charge on any atom is 0.187 e. The van der Waals surface area contributed by atoms with E-state index in [1.54, 1.807) is 20.3 Å². The lowest BCUT2D eigenvalue weighted by Crippen LogP contribution is -2.61. The van der Waals surface area contributed by atoms with Crippen LogP contribution in [0.2, 0.25) is 0 Å². The van der Waals surface area contributed by atoms with Gasteiger partial charge in [0.2, 0.25) is 0 Å². The van der Waals surface area contributed by atoms with Crippen molar-refractivity contribution in [1.82, 2.24) is 0 Å². The second kappa shape index (κ2) is 18.4. The molecule has 0 aromatic heterocycles. The van der Waals surface area contributed by atoms with Gasteiger partial charge in [0.05, 0.1) is 53.9 Å². The monoisotopic (exact) mass is 640 g/mol. The first-order chi connectivity index (χ1) is 23.2. The summed E-state index contributed by atoms with van der Waals surface area (Å²) in [6.45, 7) is 5.77. The third-order valence-electron chi connectivity index (χ3n) is 7.85. The molecule has 1 saturated heterocycles. The zero-order valence-electron chi connectivity index (χ0n) is 27.1. The van der Waals surface area contributed by atoms with E-state index in [0.29, 0.717) is 26.4 Å². The fourth-order valence-electron chi connectivity index (χ4n) is 5.34. The van der Waals surface area contributed by atoms with Crippen molar-refractivity contribution < 1.29 is 37.9 Å². The minimum absolute atomic E-state index is 0.254. The number of benzene rings is 4. The van der Waals surface area contributed by atoms with E-state index in [9.17, 15) is 0 Å². The third-order valence-corrected chi connectivity index (χ3v) is 7.85. The zero-order chi connectivity index (χ0) is 32.7. The van der Waals surface area contributed by atoms with E-state index >= 15 is 0 Å².